The van der Waals surface area contributed by atoms with Gasteiger partial charge in [0.2, 0.25) is 0 Å². The Bertz CT molecular complexity index is 387. The lowest BCUT2D eigenvalue weighted by Crippen LogP contribution is -2.44. The van der Waals surface area contributed by atoms with Gasteiger partial charge in [-0.25, -0.2) is 8.42 Å². The molecule has 1 aliphatic heterocycles. The fourth-order valence-electron chi connectivity index (χ4n) is 1.89. The van der Waals surface area contributed by atoms with E-state index in [-0.39, 0.29) is 41.5 Å². The van der Waals surface area contributed by atoms with Crippen LogP contribution < -0.4 is 10.6 Å². The molecule has 0 radical (unpaired) electrons. The lowest BCUT2D eigenvalue weighted by molar-refractivity contribution is 0.136. The van der Waals surface area contributed by atoms with E-state index in [1.807, 2.05) is 0 Å². The summed E-state index contributed by atoms with van der Waals surface area (Å²) in [5, 5.41) is 6.25. The number of ether oxygens (including phenoxy) is 1. The van der Waals surface area contributed by atoms with E-state index in [1.54, 1.807) is 7.05 Å². The average Bonchev–Trinajstić information content (AvgIpc) is 2.71. The van der Waals surface area contributed by atoms with Crippen molar-refractivity contribution in [2.45, 2.75) is 32.2 Å². The topological polar surface area (TPSA) is 79.8 Å². The molecule has 6 nitrogen and oxygen atoms in total. The first-order valence-corrected chi connectivity index (χ1v) is 8.65. The van der Waals surface area contributed by atoms with Crippen molar-refractivity contribution in [2.75, 3.05) is 38.3 Å². The summed E-state index contributed by atoms with van der Waals surface area (Å²) in [6.07, 6.45) is 2.86. The van der Waals surface area contributed by atoms with Gasteiger partial charge in [0.25, 0.3) is 0 Å². The number of guanidine groups is 1. The Morgan fingerprint density at radius 1 is 1.40 bits per heavy atom. The molecule has 1 heterocycles. The summed E-state index contributed by atoms with van der Waals surface area (Å²) in [5.41, 5.74) is 0. The summed E-state index contributed by atoms with van der Waals surface area (Å²) in [4.78, 5) is 4.08. The molecule has 1 unspecified atom stereocenters. The molecule has 0 saturated carbocycles. The second-order valence-corrected chi connectivity index (χ2v) is 6.94. The van der Waals surface area contributed by atoms with Gasteiger partial charge in [-0.1, -0.05) is 13.3 Å². The Hall–Kier alpha value is -0.0900. The highest BCUT2D eigenvalue weighted by atomic mass is 127. The first kappa shape index (κ1) is 19.9. The molecular formula is C12H26IN3O3S. The smallest absolute Gasteiger partial charge is 0.191 e. The molecule has 0 bridgehead atoms. The van der Waals surface area contributed by atoms with Gasteiger partial charge in [-0.05, 0) is 12.8 Å². The predicted octanol–water partition coefficient (Wildman–Crippen LogP) is 0.773. The minimum absolute atomic E-state index is 0. The van der Waals surface area contributed by atoms with Crippen LogP contribution >= 0.6 is 24.0 Å². The van der Waals surface area contributed by atoms with E-state index >= 15 is 0 Å². The zero-order valence-corrected chi connectivity index (χ0v) is 15.4. The maximum absolute atomic E-state index is 11.4. The third-order valence-electron chi connectivity index (χ3n) is 2.98. The third-order valence-corrected chi connectivity index (χ3v) is 4.75. The molecule has 0 aromatic rings. The van der Waals surface area contributed by atoms with E-state index in [0.717, 1.165) is 19.4 Å². The quantitative estimate of drug-likeness (QED) is 0.276. The van der Waals surface area contributed by atoms with Crippen LogP contribution in [0.4, 0.5) is 0 Å². The molecule has 1 saturated heterocycles. The van der Waals surface area contributed by atoms with E-state index < -0.39 is 9.84 Å². The zero-order chi connectivity index (χ0) is 14.1. The molecule has 0 amide bonds. The number of nitrogens with one attached hydrogen (secondary N) is 2. The largest absolute Gasteiger partial charge is 0.380 e. The van der Waals surface area contributed by atoms with Gasteiger partial charge in [0.1, 0.15) is 0 Å². The van der Waals surface area contributed by atoms with Gasteiger partial charge < -0.3 is 15.4 Å². The Balaban J connectivity index is 0.00000361. The van der Waals surface area contributed by atoms with Crippen LogP contribution in [0, 0.1) is 0 Å². The number of sulfone groups is 1. The van der Waals surface area contributed by atoms with Crippen LogP contribution in [0.15, 0.2) is 4.99 Å². The fourth-order valence-corrected chi connectivity index (χ4v) is 3.56. The SMILES string of the molecule is CCCCOCCNC(=NC)NC1CCS(=O)(=O)C1.I. The van der Waals surface area contributed by atoms with Gasteiger partial charge in [-0.15, -0.1) is 24.0 Å². The molecule has 0 aromatic carbocycles. The van der Waals surface area contributed by atoms with Crippen molar-refractivity contribution in [3.05, 3.63) is 0 Å². The molecular weight excluding hydrogens is 393 g/mol. The number of unbranched alkanes of at least 4 members (excludes halogenated alkanes) is 1. The summed E-state index contributed by atoms with van der Waals surface area (Å²) in [6.45, 7) is 4.21. The summed E-state index contributed by atoms with van der Waals surface area (Å²) >= 11 is 0. The molecule has 0 spiro atoms. The van der Waals surface area contributed by atoms with Gasteiger partial charge in [-0.3, -0.25) is 4.99 Å². The van der Waals surface area contributed by atoms with Gasteiger partial charge in [0.05, 0.1) is 18.1 Å². The van der Waals surface area contributed by atoms with Crippen LogP contribution in [-0.2, 0) is 14.6 Å². The third kappa shape index (κ3) is 8.25. The number of aliphatic imine (C=N–C) groups is 1. The van der Waals surface area contributed by atoms with Gasteiger partial charge >= 0.3 is 0 Å². The molecule has 2 N–H and O–H groups in total. The molecule has 1 atom stereocenters. The minimum Gasteiger partial charge on any atom is -0.380 e. The van der Waals surface area contributed by atoms with Crippen molar-refractivity contribution in [2.24, 2.45) is 4.99 Å². The highest BCUT2D eigenvalue weighted by molar-refractivity contribution is 14.0. The number of halogens is 1. The van der Waals surface area contributed by atoms with Crippen molar-refractivity contribution in [3.8, 4) is 0 Å². The lowest BCUT2D eigenvalue weighted by Gasteiger charge is -2.16. The van der Waals surface area contributed by atoms with Crippen LogP contribution in [0.1, 0.15) is 26.2 Å². The number of hydrogen-bond acceptors (Lipinski definition) is 4. The molecule has 0 aromatic heterocycles. The number of hydrogen-bond donors (Lipinski definition) is 2. The van der Waals surface area contributed by atoms with E-state index in [1.165, 1.54) is 0 Å². The molecule has 1 aliphatic rings. The van der Waals surface area contributed by atoms with Crippen molar-refractivity contribution in [3.63, 3.8) is 0 Å². The lowest BCUT2D eigenvalue weighted by atomic mass is 10.3. The van der Waals surface area contributed by atoms with Crippen LogP contribution in [0.5, 0.6) is 0 Å². The van der Waals surface area contributed by atoms with E-state index in [4.69, 9.17) is 4.74 Å². The highest BCUT2D eigenvalue weighted by Crippen LogP contribution is 2.10. The van der Waals surface area contributed by atoms with E-state index in [2.05, 4.69) is 22.5 Å². The normalized spacial score (nSPS) is 21.3. The van der Waals surface area contributed by atoms with Gasteiger partial charge in [0, 0.05) is 26.2 Å². The van der Waals surface area contributed by atoms with Gasteiger partial charge in [0.15, 0.2) is 15.8 Å². The van der Waals surface area contributed by atoms with Crippen LogP contribution in [-0.4, -0.2) is 58.7 Å². The van der Waals surface area contributed by atoms with Crippen LogP contribution in [0.25, 0.3) is 0 Å². The van der Waals surface area contributed by atoms with Crippen molar-refractivity contribution < 1.29 is 13.2 Å². The summed E-state index contributed by atoms with van der Waals surface area (Å²) in [7, 11) is -1.18. The Morgan fingerprint density at radius 3 is 2.70 bits per heavy atom. The predicted molar refractivity (Wildman–Crippen MR) is 92.7 cm³/mol. The van der Waals surface area contributed by atoms with Crippen LogP contribution in [0.3, 0.4) is 0 Å². The Labute approximate surface area is 139 Å². The second kappa shape index (κ2) is 10.6. The van der Waals surface area contributed by atoms with E-state index in [0.29, 0.717) is 25.5 Å². The summed E-state index contributed by atoms with van der Waals surface area (Å²) < 4.78 is 28.1. The maximum Gasteiger partial charge on any atom is 0.191 e. The average molecular weight is 419 g/mol. The minimum atomic E-state index is -2.85. The van der Waals surface area contributed by atoms with E-state index in [9.17, 15) is 8.42 Å². The second-order valence-electron chi connectivity index (χ2n) is 4.71. The van der Waals surface area contributed by atoms with Crippen molar-refractivity contribution in [1.82, 2.24) is 10.6 Å². The highest BCUT2D eigenvalue weighted by Gasteiger charge is 2.28. The Morgan fingerprint density at radius 2 is 2.15 bits per heavy atom. The molecule has 120 valence electrons. The first-order chi connectivity index (χ1) is 9.07. The molecule has 1 fully saturated rings. The zero-order valence-electron chi connectivity index (χ0n) is 12.2. The molecule has 8 heteroatoms. The van der Waals surface area contributed by atoms with Gasteiger partial charge in [-0.2, -0.15) is 0 Å². The number of nitrogens with zero attached hydrogens (tertiary/aromatic N) is 1. The number of rotatable bonds is 7. The molecule has 0 aliphatic carbocycles. The standard InChI is InChI=1S/C12H25N3O3S.HI/c1-3-4-7-18-8-6-14-12(13-2)15-11-5-9-19(16,17)10-11;/h11H,3-10H2,1-2H3,(H2,13,14,15);1H. The summed E-state index contributed by atoms with van der Waals surface area (Å²) in [6, 6.07) is -0.0304. The molecule has 1 rings (SSSR count). The van der Waals surface area contributed by atoms with Crippen LogP contribution in [0.2, 0.25) is 0 Å². The van der Waals surface area contributed by atoms with Crippen molar-refractivity contribution >= 4 is 39.8 Å². The Kier molecular flexibility index (Phi) is 10.6. The summed E-state index contributed by atoms with van der Waals surface area (Å²) in [5.74, 6) is 1.10. The first-order valence-electron chi connectivity index (χ1n) is 6.82. The monoisotopic (exact) mass is 419 g/mol. The van der Waals surface area contributed by atoms with Crippen molar-refractivity contribution in [1.29, 1.82) is 0 Å². The fraction of sp³-hybridized carbons (Fsp3) is 0.917. The molecule has 20 heavy (non-hydrogen) atoms. The maximum atomic E-state index is 11.4.